The van der Waals surface area contributed by atoms with Gasteiger partial charge in [-0.3, -0.25) is 24.4 Å². The molecule has 3 aromatic rings. The van der Waals surface area contributed by atoms with E-state index in [0.717, 1.165) is 0 Å². The Bertz CT molecular complexity index is 1390. The quantitative estimate of drug-likeness (QED) is 0.0884. The average molecular weight is 538 g/mol. The highest BCUT2D eigenvalue weighted by atomic mass is 16.2. The molecule has 0 saturated heterocycles. The van der Waals surface area contributed by atoms with Gasteiger partial charge in [0, 0.05) is 42.3 Å². The number of nitrogens with one attached hydrogen (secondary N) is 4. The number of guanidine groups is 2. The molecular formula is C25H35N11O3. The van der Waals surface area contributed by atoms with E-state index in [1.807, 2.05) is 13.8 Å². The molecule has 208 valence electrons. The highest BCUT2D eigenvalue weighted by Gasteiger charge is 2.17. The van der Waals surface area contributed by atoms with Crippen molar-refractivity contribution < 1.29 is 14.4 Å². The Morgan fingerprint density at radius 3 is 2.15 bits per heavy atom. The van der Waals surface area contributed by atoms with Gasteiger partial charge in [0.05, 0.1) is 18.8 Å². The van der Waals surface area contributed by atoms with Crippen molar-refractivity contribution in [2.75, 3.05) is 31.5 Å². The number of carbonyl (C=O) groups is 3. The van der Waals surface area contributed by atoms with Crippen LogP contribution in [0.3, 0.4) is 0 Å². The van der Waals surface area contributed by atoms with E-state index < -0.39 is 0 Å². The number of fused-ring (bicyclic) bond motifs is 1. The van der Waals surface area contributed by atoms with Crippen LogP contribution in [0.2, 0.25) is 0 Å². The van der Waals surface area contributed by atoms with E-state index in [9.17, 15) is 14.4 Å². The molecule has 0 fully saturated rings. The standard InChI is InChI=1S/C25H35N11O3/c1-14(2)12-36-13-17(11-20(36)23(39)31-6-8-33-25(28)29)34-21(37)15-3-4-18-16(9-15)10-19(35-18)22(38)30-5-7-32-24(26)27/h3-4,9-11,13-14,35H,5-8,12H2,1-2H3,(H,30,38)(H,31,39)(H,34,37)(H4,26,27,32)(H4,28,29,33). The molecule has 2 aromatic heterocycles. The van der Waals surface area contributed by atoms with Crippen LogP contribution in [0.15, 0.2) is 46.5 Å². The van der Waals surface area contributed by atoms with E-state index in [0.29, 0.717) is 40.1 Å². The summed E-state index contributed by atoms with van der Waals surface area (Å²) in [5.41, 5.74) is 23.5. The number of aromatic amines is 1. The van der Waals surface area contributed by atoms with Gasteiger partial charge in [-0.1, -0.05) is 13.8 Å². The molecule has 0 bridgehead atoms. The van der Waals surface area contributed by atoms with Crippen LogP contribution in [-0.4, -0.2) is 65.4 Å². The van der Waals surface area contributed by atoms with E-state index >= 15 is 0 Å². The van der Waals surface area contributed by atoms with E-state index in [1.165, 1.54) is 0 Å². The number of nitrogens with zero attached hydrogens (tertiary/aromatic N) is 3. The van der Waals surface area contributed by atoms with Crippen LogP contribution in [0.1, 0.15) is 45.2 Å². The summed E-state index contributed by atoms with van der Waals surface area (Å²) in [4.78, 5) is 48.9. The molecule has 0 aliphatic carbocycles. The number of rotatable bonds is 12. The molecule has 0 aliphatic heterocycles. The zero-order valence-electron chi connectivity index (χ0n) is 22.0. The monoisotopic (exact) mass is 537 g/mol. The summed E-state index contributed by atoms with van der Waals surface area (Å²) in [6.45, 7) is 5.69. The van der Waals surface area contributed by atoms with Gasteiger partial charge in [0.25, 0.3) is 17.7 Å². The van der Waals surface area contributed by atoms with Crippen molar-refractivity contribution in [1.82, 2.24) is 20.2 Å². The Balaban J connectivity index is 1.71. The topological polar surface area (TPSA) is 237 Å². The minimum Gasteiger partial charge on any atom is -0.370 e. The first-order valence-electron chi connectivity index (χ1n) is 12.3. The van der Waals surface area contributed by atoms with Crippen LogP contribution in [0.4, 0.5) is 5.69 Å². The molecule has 1 aromatic carbocycles. The van der Waals surface area contributed by atoms with E-state index in [4.69, 9.17) is 22.9 Å². The van der Waals surface area contributed by atoms with Gasteiger partial charge in [0.15, 0.2) is 11.9 Å². The predicted octanol–water partition coefficient (Wildman–Crippen LogP) is -0.116. The maximum Gasteiger partial charge on any atom is 0.268 e. The number of hydrogen-bond donors (Lipinski definition) is 8. The van der Waals surface area contributed by atoms with Crippen molar-refractivity contribution >= 4 is 46.2 Å². The number of carbonyl (C=O) groups excluding carboxylic acids is 3. The lowest BCUT2D eigenvalue weighted by Gasteiger charge is -2.11. The first-order chi connectivity index (χ1) is 18.5. The van der Waals surface area contributed by atoms with Gasteiger partial charge in [-0.2, -0.15) is 0 Å². The second-order valence-electron chi connectivity index (χ2n) is 9.22. The molecular weight excluding hydrogens is 502 g/mol. The molecule has 3 rings (SSSR count). The molecule has 0 saturated carbocycles. The number of hydrogen-bond acceptors (Lipinski definition) is 5. The van der Waals surface area contributed by atoms with E-state index in [1.54, 1.807) is 41.1 Å². The first-order valence-corrected chi connectivity index (χ1v) is 12.3. The molecule has 0 radical (unpaired) electrons. The second kappa shape index (κ2) is 13.0. The fourth-order valence-corrected chi connectivity index (χ4v) is 3.81. The number of anilines is 1. The number of amides is 3. The number of aromatic nitrogens is 2. The highest BCUT2D eigenvalue weighted by Crippen LogP contribution is 2.20. The SMILES string of the molecule is CC(C)Cn1cc(NC(=O)c2ccc3[nH]c(C(=O)NCCN=C(N)N)cc3c2)cc1C(=O)NCCN=C(N)N. The summed E-state index contributed by atoms with van der Waals surface area (Å²) in [6.07, 6.45) is 1.72. The van der Waals surface area contributed by atoms with Gasteiger partial charge in [-0.15, -0.1) is 0 Å². The third kappa shape index (κ3) is 8.24. The van der Waals surface area contributed by atoms with Crippen LogP contribution >= 0.6 is 0 Å². The third-order valence-electron chi connectivity index (χ3n) is 5.46. The maximum absolute atomic E-state index is 13.0. The molecule has 0 unspecified atom stereocenters. The zero-order valence-corrected chi connectivity index (χ0v) is 22.0. The zero-order chi connectivity index (χ0) is 28.5. The molecule has 3 amide bonds. The van der Waals surface area contributed by atoms with Gasteiger partial charge in [-0.25, -0.2) is 0 Å². The van der Waals surface area contributed by atoms with Crippen LogP contribution < -0.4 is 38.9 Å². The normalized spacial score (nSPS) is 10.7. The molecule has 14 nitrogen and oxygen atoms in total. The number of aliphatic imine (C=N–C) groups is 2. The van der Waals surface area contributed by atoms with Gasteiger partial charge in [0.1, 0.15) is 11.4 Å². The van der Waals surface area contributed by atoms with Crippen molar-refractivity contribution in [3.05, 3.63) is 53.5 Å². The largest absolute Gasteiger partial charge is 0.370 e. The number of benzene rings is 1. The van der Waals surface area contributed by atoms with Crippen molar-refractivity contribution in [1.29, 1.82) is 0 Å². The molecule has 0 aliphatic rings. The van der Waals surface area contributed by atoms with Gasteiger partial charge in [-0.05, 0) is 36.2 Å². The Kier molecular flexibility index (Phi) is 9.51. The Morgan fingerprint density at radius 1 is 0.897 bits per heavy atom. The summed E-state index contributed by atoms with van der Waals surface area (Å²) >= 11 is 0. The molecule has 14 heteroatoms. The summed E-state index contributed by atoms with van der Waals surface area (Å²) in [7, 11) is 0. The third-order valence-corrected chi connectivity index (χ3v) is 5.46. The fourth-order valence-electron chi connectivity index (χ4n) is 3.81. The summed E-state index contributed by atoms with van der Waals surface area (Å²) in [6, 6.07) is 8.33. The van der Waals surface area contributed by atoms with Gasteiger partial charge in [0.2, 0.25) is 0 Å². The summed E-state index contributed by atoms with van der Waals surface area (Å²) < 4.78 is 1.80. The minimum absolute atomic E-state index is 0.0452. The van der Waals surface area contributed by atoms with E-state index in [-0.39, 0.29) is 61.7 Å². The van der Waals surface area contributed by atoms with Crippen molar-refractivity contribution in [3.63, 3.8) is 0 Å². The Morgan fingerprint density at radius 2 is 1.54 bits per heavy atom. The van der Waals surface area contributed by atoms with Crippen LogP contribution in [0.5, 0.6) is 0 Å². The van der Waals surface area contributed by atoms with Crippen LogP contribution in [-0.2, 0) is 6.54 Å². The molecule has 2 heterocycles. The highest BCUT2D eigenvalue weighted by molar-refractivity contribution is 6.07. The lowest BCUT2D eigenvalue weighted by atomic mass is 10.1. The van der Waals surface area contributed by atoms with Crippen LogP contribution in [0, 0.1) is 5.92 Å². The molecule has 12 N–H and O–H groups in total. The molecule has 39 heavy (non-hydrogen) atoms. The summed E-state index contributed by atoms with van der Waals surface area (Å²) in [5, 5.41) is 9.03. The fraction of sp³-hybridized carbons (Fsp3) is 0.320. The number of H-pyrrole nitrogens is 1. The second-order valence-corrected chi connectivity index (χ2v) is 9.22. The number of nitrogens with two attached hydrogens (primary N) is 4. The van der Waals surface area contributed by atoms with Crippen molar-refractivity contribution in [2.45, 2.75) is 20.4 Å². The minimum atomic E-state index is -0.359. The smallest absolute Gasteiger partial charge is 0.268 e. The Hall–Kier alpha value is -5.01. The predicted molar refractivity (Wildman–Crippen MR) is 152 cm³/mol. The first kappa shape index (κ1) is 28.6. The van der Waals surface area contributed by atoms with Crippen LogP contribution in [0.25, 0.3) is 10.9 Å². The van der Waals surface area contributed by atoms with E-state index in [2.05, 4.69) is 30.9 Å². The summed E-state index contributed by atoms with van der Waals surface area (Å²) in [5.74, 6) is -0.811. The lowest BCUT2D eigenvalue weighted by Crippen LogP contribution is -2.30. The average Bonchev–Trinajstić information content (AvgIpc) is 3.47. The van der Waals surface area contributed by atoms with Gasteiger partial charge < -0.3 is 48.4 Å². The molecule has 0 spiro atoms. The molecule has 0 atom stereocenters. The Labute approximate surface area is 225 Å². The lowest BCUT2D eigenvalue weighted by molar-refractivity contribution is 0.0939. The maximum atomic E-state index is 13.0. The van der Waals surface area contributed by atoms with Crippen molar-refractivity contribution in [3.8, 4) is 0 Å². The van der Waals surface area contributed by atoms with Crippen molar-refractivity contribution in [2.24, 2.45) is 38.8 Å². The van der Waals surface area contributed by atoms with Gasteiger partial charge >= 0.3 is 0 Å².